The fraction of sp³-hybridized carbons (Fsp3) is 0.571. The van der Waals surface area contributed by atoms with Crippen molar-refractivity contribution in [2.24, 2.45) is 11.8 Å². The second-order valence-electron chi connectivity index (χ2n) is 4.86. The number of hydrogen-bond donors (Lipinski definition) is 1. The molecule has 0 saturated carbocycles. The molecule has 1 saturated heterocycles. The van der Waals surface area contributed by atoms with Crippen molar-refractivity contribution in [3.05, 3.63) is 35.4 Å². The molecule has 1 nitrogen and oxygen atoms in total. The van der Waals surface area contributed by atoms with Crippen LogP contribution in [-0.4, -0.2) is 13.1 Å². The second-order valence-corrected chi connectivity index (χ2v) is 4.86. The predicted octanol–water partition coefficient (Wildman–Crippen LogP) is 2.78. The van der Waals surface area contributed by atoms with Crippen molar-refractivity contribution in [3.8, 4) is 0 Å². The smallest absolute Gasteiger partial charge is 0.00204 e. The molecule has 0 bridgehead atoms. The summed E-state index contributed by atoms with van der Waals surface area (Å²) in [6.07, 6.45) is 2.59. The highest BCUT2D eigenvalue weighted by Crippen LogP contribution is 2.24. The van der Waals surface area contributed by atoms with Crippen LogP contribution in [0.15, 0.2) is 24.3 Å². The topological polar surface area (TPSA) is 12.0 Å². The summed E-state index contributed by atoms with van der Waals surface area (Å²) in [4.78, 5) is 0. The van der Waals surface area contributed by atoms with Gasteiger partial charge in [-0.1, -0.05) is 31.2 Å². The molecule has 0 aromatic heterocycles. The van der Waals surface area contributed by atoms with Crippen LogP contribution in [0, 0.1) is 18.8 Å². The Labute approximate surface area is 92.9 Å². The van der Waals surface area contributed by atoms with Gasteiger partial charge in [-0.25, -0.2) is 0 Å². The van der Waals surface area contributed by atoms with E-state index in [4.69, 9.17) is 0 Å². The highest BCUT2D eigenvalue weighted by atomic mass is 14.9. The van der Waals surface area contributed by atoms with Gasteiger partial charge in [-0.15, -0.1) is 0 Å². The average Bonchev–Trinajstić information content (AvgIpc) is 2.24. The van der Waals surface area contributed by atoms with Gasteiger partial charge in [0, 0.05) is 0 Å². The van der Waals surface area contributed by atoms with Crippen LogP contribution in [0.3, 0.4) is 0 Å². The van der Waals surface area contributed by atoms with E-state index >= 15 is 0 Å². The van der Waals surface area contributed by atoms with Crippen molar-refractivity contribution in [1.29, 1.82) is 0 Å². The molecule has 1 aromatic rings. The Morgan fingerprint density at radius 1 is 1.33 bits per heavy atom. The fourth-order valence-corrected chi connectivity index (χ4v) is 2.49. The molecule has 0 amide bonds. The second kappa shape index (κ2) is 4.80. The number of aryl methyl sites for hydroxylation is 1. The number of rotatable bonds is 2. The maximum Gasteiger partial charge on any atom is -0.00204 e. The van der Waals surface area contributed by atoms with E-state index in [1.54, 1.807) is 0 Å². The van der Waals surface area contributed by atoms with E-state index in [2.05, 4.69) is 43.4 Å². The minimum absolute atomic E-state index is 0.818. The van der Waals surface area contributed by atoms with Crippen molar-refractivity contribution >= 4 is 0 Å². The molecule has 1 heteroatoms. The lowest BCUT2D eigenvalue weighted by molar-refractivity contribution is 0.272. The van der Waals surface area contributed by atoms with E-state index in [1.807, 2.05) is 0 Å². The Hall–Kier alpha value is -0.820. The minimum Gasteiger partial charge on any atom is -0.316 e. The third kappa shape index (κ3) is 2.60. The first-order chi connectivity index (χ1) is 7.27. The standard InChI is InChI=1S/C14H21N/c1-11-5-3-4-6-13(11)9-14-7-8-15-10-12(14)2/h3-6,12,14-15H,7-10H2,1-2H3. The summed E-state index contributed by atoms with van der Waals surface area (Å²) in [6, 6.07) is 8.80. The molecule has 0 radical (unpaired) electrons. The Kier molecular flexibility index (Phi) is 3.42. The molecule has 1 fully saturated rings. The van der Waals surface area contributed by atoms with Crippen LogP contribution in [0.5, 0.6) is 0 Å². The Bertz CT molecular complexity index is 319. The van der Waals surface area contributed by atoms with Crippen molar-refractivity contribution < 1.29 is 0 Å². The molecule has 2 atom stereocenters. The average molecular weight is 203 g/mol. The molecule has 1 aromatic carbocycles. The molecule has 0 aliphatic carbocycles. The number of nitrogens with one attached hydrogen (secondary N) is 1. The molecule has 2 rings (SSSR count). The first kappa shape index (κ1) is 10.7. The van der Waals surface area contributed by atoms with E-state index in [0.29, 0.717) is 0 Å². The lowest BCUT2D eigenvalue weighted by Gasteiger charge is -2.30. The van der Waals surface area contributed by atoms with Gasteiger partial charge in [-0.05, 0) is 55.8 Å². The zero-order valence-electron chi connectivity index (χ0n) is 9.79. The van der Waals surface area contributed by atoms with Gasteiger partial charge in [0.2, 0.25) is 0 Å². The van der Waals surface area contributed by atoms with Gasteiger partial charge in [0.15, 0.2) is 0 Å². The summed E-state index contributed by atoms with van der Waals surface area (Å²) < 4.78 is 0. The molecular formula is C14H21N. The highest BCUT2D eigenvalue weighted by molar-refractivity contribution is 5.26. The fourth-order valence-electron chi connectivity index (χ4n) is 2.49. The minimum atomic E-state index is 0.818. The predicted molar refractivity (Wildman–Crippen MR) is 65.0 cm³/mol. The third-order valence-corrected chi connectivity index (χ3v) is 3.71. The first-order valence-corrected chi connectivity index (χ1v) is 6.02. The molecule has 1 heterocycles. The van der Waals surface area contributed by atoms with Gasteiger partial charge in [0.1, 0.15) is 0 Å². The van der Waals surface area contributed by atoms with E-state index in [9.17, 15) is 0 Å². The monoisotopic (exact) mass is 203 g/mol. The lowest BCUT2D eigenvalue weighted by atomic mass is 9.82. The molecule has 1 aliphatic rings. The quantitative estimate of drug-likeness (QED) is 0.779. The van der Waals surface area contributed by atoms with Gasteiger partial charge >= 0.3 is 0 Å². The lowest BCUT2D eigenvalue weighted by Crippen LogP contribution is -2.36. The van der Waals surface area contributed by atoms with Crippen LogP contribution in [0.4, 0.5) is 0 Å². The van der Waals surface area contributed by atoms with Gasteiger partial charge < -0.3 is 5.32 Å². The van der Waals surface area contributed by atoms with Crippen molar-refractivity contribution in [3.63, 3.8) is 0 Å². The van der Waals surface area contributed by atoms with Gasteiger partial charge in [-0.3, -0.25) is 0 Å². The van der Waals surface area contributed by atoms with Crippen molar-refractivity contribution in [2.75, 3.05) is 13.1 Å². The summed E-state index contributed by atoms with van der Waals surface area (Å²) in [5.74, 6) is 1.69. The summed E-state index contributed by atoms with van der Waals surface area (Å²) in [5.41, 5.74) is 2.99. The van der Waals surface area contributed by atoms with Gasteiger partial charge in [-0.2, -0.15) is 0 Å². The van der Waals surface area contributed by atoms with E-state index in [-0.39, 0.29) is 0 Å². The molecule has 1 N–H and O–H groups in total. The van der Waals surface area contributed by atoms with Crippen LogP contribution < -0.4 is 5.32 Å². The molecule has 15 heavy (non-hydrogen) atoms. The van der Waals surface area contributed by atoms with Crippen molar-refractivity contribution in [2.45, 2.75) is 26.7 Å². The summed E-state index contributed by atoms with van der Waals surface area (Å²) >= 11 is 0. The van der Waals surface area contributed by atoms with Gasteiger partial charge in [0.05, 0.1) is 0 Å². The molecular weight excluding hydrogens is 182 g/mol. The summed E-state index contributed by atoms with van der Waals surface area (Å²) in [5, 5.41) is 3.46. The van der Waals surface area contributed by atoms with E-state index in [1.165, 1.54) is 37.1 Å². The Balaban J connectivity index is 2.04. The Morgan fingerprint density at radius 2 is 2.13 bits per heavy atom. The van der Waals surface area contributed by atoms with Crippen LogP contribution in [-0.2, 0) is 6.42 Å². The van der Waals surface area contributed by atoms with Crippen LogP contribution in [0.25, 0.3) is 0 Å². The zero-order chi connectivity index (χ0) is 10.7. The molecule has 0 spiro atoms. The van der Waals surface area contributed by atoms with Crippen LogP contribution in [0.2, 0.25) is 0 Å². The maximum absolute atomic E-state index is 3.46. The van der Waals surface area contributed by atoms with E-state index in [0.717, 1.165) is 11.8 Å². The van der Waals surface area contributed by atoms with Crippen molar-refractivity contribution in [1.82, 2.24) is 5.32 Å². The normalized spacial score (nSPS) is 26.5. The maximum atomic E-state index is 3.46. The number of benzene rings is 1. The van der Waals surface area contributed by atoms with E-state index < -0.39 is 0 Å². The first-order valence-electron chi connectivity index (χ1n) is 6.02. The SMILES string of the molecule is Cc1ccccc1CC1CCNCC1C. The summed E-state index contributed by atoms with van der Waals surface area (Å²) in [6.45, 7) is 6.98. The highest BCUT2D eigenvalue weighted by Gasteiger charge is 2.21. The number of piperidine rings is 1. The summed E-state index contributed by atoms with van der Waals surface area (Å²) in [7, 11) is 0. The van der Waals surface area contributed by atoms with Gasteiger partial charge in [0.25, 0.3) is 0 Å². The molecule has 1 aliphatic heterocycles. The zero-order valence-corrected chi connectivity index (χ0v) is 9.79. The molecule has 2 unspecified atom stereocenters. The number of hydrogen-bond acceptors (Lipinski definition) is 1. The largest absolute Gasteiger partial charge is 0.316 e. The third-order valence-electron chi connectivity index (χ3n) is 3.71. The molecule has 82 valence electrons. The Morgan fingerprint density at radius 3 is 2.87 bits per heavy atom. The van der Waals surface area contributed by atoms with Crippen LogP contribution in [0.1, 0.15) is 24.5 Å². The van der Waals surface area contributed by atoms with Crippen LogP contribution >= 0.6 is 0 Å².